The topological polar surface area (TPSA) is 56.1 Å². The first-order valence-corrected chi connectivity index (χ1v) is 11.1. The second-order valence-electron chi connectivity index (χ2n) is 8.35. The van der Waals surface area contributed by atoms with Crippen molar-refractivity contribution in [1.29, 1.82) is 0 Å². The van der Waals surface area contributed by atoms with Gasteiger partial charge in [0.15, 0.2) is 0 Å². The SMILES string of the molecule is Cc1cccc(C)c1OCc1ccc(C(=O)Nc2c(C)nn(Cc3ccccc3)c2C)cc1. The quantitative estimate of drug-likeness (QED) is 0.384. The number of benzene rings is 3. The number of ether oxygens (including phenoxy) is 1. The molecule has 0 saturated carbocycles. The van der Waals surface area contributed by atoms with Crippen molar-refractivity contribution >= 4 is 11.6 Å². The van der Waals surface area contributed by atoms with Crippen molar-refractivity contribution in [3.63, 3.8) is 0 Å². The molecule has 0 unspecified atom stereocenters. The van der Waals surface area contributed by atoms with E-state index < -0.39 is 0 Å². The summed E-state index contributed by atoms with van der Waals surface area (Å²) < 4.78 is 7.95. The highest BCUT2D eigenvalue weighted by Crippen LogP contribution is 2.24. The fourth-order valence-electron chi connectivity index (χ4n) is 3.91. The average molecular weight is 440 g/mol. The summed E-state index contributed by atoms with van der Waals surface area (Å²) in [6.45, 7) is 9.10. The summed E-state index contributed by atoms with van der Waals surface area (Å²) in [5, 5.41) is 7.66. The van der Waals surface area contributed by atoms with Gasteiger partial charge in [-0.05, 0) is 62.1 Å². The molecule has 5 heteroatoms. The number of nitrogens with one attached hydrogen (secondary N) is 1. The van der Waals surface area contributed by atoms with Crippen molar-refractivity contribution in [3.05, 3.63) is 112 Å². The van der Waals surface area contributed by atoms with Crippen LogP contribution in [0, 0.1) is 27.7 Å². The summed E-state index contributed by atoms with van der Waals surface area (Å²) in [6.07, 6.45) is 0. The standard InChI is InChI=1S/C28H29N3O2/c1-19-9-8-10-20(2)27(19)33-18-24-13-15-25(16-14-24)28(32)29-26-21(3)30-31(22(26)4)17-23-11-6-5-7-12-23/h5-16H,17-18H2,1-4H3,(H,29,32). The van der Waals surface area contributed by atoms with Gasteiger partial charge in [0.05, 0.1) is 23.6 Å². The zero-order valence-corrected chi connectivity index (χ0v) is 19.6. The zero-order chi connectivity index (χ0) is 23.4. The van der Waals surface area contributed by atoms with Crippen LogP contribution in [-0.2, 0) is 13.2 Å². The molecule has 4 aromatic rings. The highest BCUT2D eigenvalue weighted by Gasteiger charge is 2.15. The Kier molecular flexibility index (Phi) is 6.59. The predicted octanol–water partition coefficient (Wildman–Crippen LogP) is 6.00. The van der Waals surface area contributed by atoms with Crippen molar-refractivity contribution < 1.29 is 9.53 Å². The fraction of sp³-hybridized carbons (Fsp3) is 0.214. The predicted molar refractivity (Wildman–Crippen MR) is 132 cm³/mol. The molecule has 0 spiro atoms. The Hall–Kier alpha value is -3.86. The molecule has 0 bridgehead atoms. The summed E-state index contributed by atoms with van der Waals surface area (Å²) in [5.74, 6) is 0.764. The van der Waals surface area contributed by atoms with Gasteiger partial charge in [-0.3, -0.25) is 9.48 Å². The molecule has 0 aliphatic heterocycles. The number of carbonyl (C=O) groups is 1. The number of aryl methyl sites for hydroxylation is 3. The molecule has 1 heterocycles. The van der Waals surface area contributed by atoms with E-state index in [0.29, 0.717) is 18.7 Å². The van der Waals surface area contributed by atoms with Gasteiger partial charge >= 0.3 is 0 Å². The average Bonchev–Trinajstić information content (AvgIpc) is 3.07. The van der Waals surface area contributed by atoms with Crippen LogP contribution in [0.25, 0.3) is 0 Å². The lowest BCUT2D eigenvalue weighted by atomic mass is 10.1. The van der Waals surface area contributed by atoms with E-state index in [9.17, 15) is 4.79 Å². The van der Waals surface area contributed by atoms with Crippen LogP contribution >= 0.6 is 0 Å². The first-order valence-electron chi connectivity index (χ1n) is 11.1. The van der Waals surface area contributed by atoms with Gasteiger partial charge in [0, 0.05) is 5.56 Å². The molecular formula is C28H29N3O2. The molecular weight excluding hydrogens is 410 g/mol. The Morgan fingerprint density at radius 3 is 2.18 bits per heavy atom. The van der Waals surface area contributed by atoms with Crippen LogP contribution in [0.4, 0.5) is 5.69 Å². The second-order valence-corrected chi connectivity index (χ2v) is 8.35. The third-order valence-electron chi connectivity index (χ3n) is 5.80. The van der Waals surface area contributed by atoms with E-state index >= 15 is 0 Å². The minimum atomic E-state index is -0.150. The van der Waals surface area contributed by atoms with Gasteiger partial charge < -0.3 is 10.1 Å². The summed E-state index contributed by atoms with van der Waals surface area (Å²) in [7, 11) is 0. The van der Waals surface area contributed by atoms with Gasteiger partial charge in [0.1, 0.15) is 12.4 Å². The second kappa shape index (κ2) is 9.74. The molecule has 0 fully saturated rings. The van der Waals surface area contributed by atoms with Crippen molar-refractivity contribution in [1.82, 2.24) is 9.78 Å². The third kappa shape index (κ3) is 5.14. The Morgan fingerprint density at radius 2 is 1.52 bits per heavy atom. The van der Waals surface area contributed by atoms with E-state index in [4.69, 9.17) is 4.74 Å². The monoisotopic (exact) mass is 439 g/mol. The lowest BCUT2D eigenvalue weighted by Gasteiger charge is -2.12. The molecule has 4 rings (SSSR count). The summed E-state index contributed by atoms with van der Waals surface area (Å²) in [6, 6.07) is 23.8. The van der Waals surface area contributed by atoms with Crippen LogP contribution in [-0.4, -0.2) is 15.7 Å². The number of aromatic nitrogens is 2. The molecule has 0 radical (unpaired) electrons. The zero-order valence-electron chi connectivity index (χ0n) is 19.6. The lowest BCUT2D eigenvalue weighted by molar-refractivity contribution is 0.102. The smallest absolute Gasteiger partial charge is 0.255 e. The molecule has 33 heavy (non-hydrogen) atoms. The highest BCUT2D eigenvalue weighted by molar-refractivity contribution is 6.04. The molecule has 0 aliphatic rings. The van der Waals surface area contributed by atoms with Crippen LogP contribution in [0.1, 0.15) is 44.0 Å². The van der Waals surface area contributed by atoms with Crippen molar-refractivity contribution in [2.75, 3.05) is 5.32 Å². The van der Waals surface area contributed by atoms with Crippen LogP contribution in [0.3, 0.4) is 0 Å². The molecule has 3 aromatic carbocycles. The number of para-hydroxylation sites is 1. The molecule has 0 atom stereocenters. The van der Waals surface area contributed by atoms with Gasteiger partial charge in [0.2, 0.25) is 0 Å². The van der Waals surface area contributed by atoms with Gasteiger partial charge in [-0.25, -0.2) is 0 Å². The van der Waals surface area contributed by atoms with Gasteiger partial charge in [-0.15, -0.1) is 0 Å². The Balaban J connectivity index is 1.42. The van der Waals surface area contributed by atoms with Gasteiger partial charge in [0.25, 0.3) is 5.91 Å². The van der Waals surface area contributed by atoms with Crippen LogP contribution in [0.2, 0.25) is 0 Å². The molecule has 1 N–H and O–H groups in total. The Labute approximate surface area is 195 Å². The number of hydrogen-bond acceptors (Lipinski definition) is 3. The number of amides is 1. The lowest BCUT2D eigenvalue weighted by Crippen LogP contribution is -2.13. The third-order valence-corrected chi connectivity index (χ3v) is 5.80. The number of nitrogens with zero attached hydrogens (tertiary/aromatic N) is 2. The van der Waals surface area contributed by atoms with Crippen molar-refractivity contribution in [2.24, 2.45) is 0 Å². The number of rotatable bonds is 7. The first kappa shape index (κ1) is 22.3. The highest BCUT2D eigenvalue weighted by atomic mass is 16.5. The van der Waals surface area contributed by atoms with E-state index in [2.05, 4.69) is 22.5 Å². The summed E-state index contributed by atoms with van der Waals surface area (Å²) in [4.78, 5) is 12.9. The van der Waals surface area contributed by atoms with Crippen LogP contribution in [0.5, 0.6) is 5.75 Å². The fourth-order valence-corrected chi connectivity index (χ4v) is 3.91. The van der Waals surface area contributed by atoms with E-state index in [0.717, 1.165) is 39.5 Å². The maximum Gasteiger partial charge on any atom is 0.255 e. The Morgan fingerprint density at radius 1 is 0.848 bits per heavy atom. The van der Waals surface area contributed by atoms with Crippen LogP contribution in [0.15, 0.2) is 72.8 Å². The van der Waals surface area contributed by atoms with E-state index in [1.54, 1.807) is 0 Å². The van der Waals surface area contributed by atoms with Gasteiger partial charge in [-0.1, -0.05) is 60.7 Å². The maximum absolute atomic E-state index is 12.9. The molecule has 1 amide bonds. The van der Waals surface area contributed by atoms with Crippen LogP contribution < -0.4 is 10.1 Å². The molecule has 1 aromatic heterocycles. The first-order chi connectivity index (χ1) is 15.9. The molecule has 5 nitrogen and oxygen atoms in total. The normalized spacial score (nSPS) is 10.8. The van der Waals surface area contributed by atoms with Crippen molar-refractivity contribution in [2.45, 2.75) is 40.8 Å². The van der Waals surface area contributed by atoms with Crippen molar-refractivity contribution in [3.8, 4) is 5.75 Å². The number of anilines is 1. The minimum absolute atomic E-state index is 0.150. The van der Waals surface area contributed by atoms with E-state index in [1.165, 1.54) is 5.56 Å². The summed E-state index contributed by atoms with van der Waals surface area (Å²) in [5.41, 5.74) is 7.50. The van der Waals surface area contributed by atoms with Gasteiger partial charge in [-0.2, -0.15) is 5.10 Å². The maximum atomic E-state index is 12.9. The largest absolute Gasteiger partial charge is 0.488 e. The Bertz CT molecular complexity index is 1240. The summed E-state index contributed by atoms with van der Waals surface area (Å²) >= 11 is 0. The number of hydrogen-bond donors (Lipinski definition) is 1. The van der Waals surface area contributed by atoms with E-state index in [1.807, 2.05) is 93.0 Å². The molecule has 0 saturated heterocycles. The molecule has 0 aliphatic carbocycles. The van der Waals surface area contributed by atoms with E-state index in [-0.39, 0.29) is 5.91 Å². The number of carbonyl (C=O) groups excluding carboxylic acids is 1. The molecule has 168 valence electrons. The minimum Gasteiger partial charge on any atom is -0.488 e.